The number of hydrogen-bond donors (Lipinski definition) is 10. The largest absolute Gasteiger partial charge is 0.506 e. The molecule has 0 unspecified atom stereocenters. The van der Waals surface area contributed by atoms with Crippen molar-refractivity contribution in [2.24, 2.45) is 4.99 Å². The van der Waals surface area contributed by atoms with E-state index in [0.29, 0.717) is 40.1 Å². The van der Waals surface area contributed by atoms with Gasteiger partial charge in [0.05, 0.1) is 44.0 Å². The Labute approximate surface area is 460 Å². The summed E-state index contributed by atoms with van der Waals surface area (Å²) in [5, 5.41) is 52.0. The molecule has 6 aromatic rings. The number of fused-ring (bicyclic) bond motifs is 2. The molecule has 0 radical (unpaired) electrons. The fourth-order valence-electron chi connectivity index (χ4n) is 9.25. The summed E-state index contributed by atoms with van der Waals surface area (Å²) in [7, 11) is -20.0. The molecule has 0 saturated carbocycles. The number of carbonyl (C=O) groups is 4. The van der Waals surface area contributed by atoms with Gasteiger partial charge in [0.1, 0.15) is 31.6 Å². The molecule has 8 rings (SSSR count). The predicted octanol–water partition coefficient (Wildman–Crippen LogP) is 8.62. The zero-order chi connectivity index (χ0) is 59.7. The van der Waals surface area contributed by atoms with Crippen molar-refractivity contribution in [2.75, 3.05) is 14.8 Å². The topological polar surface area (TPSA) is 408 Å². The fraction of sp³-hybridized carbons (Fsp3) is 0.113. The number of nitrogens with zero attached hydrogens (tertiary/aromatic N) is 1. The summed E-state index contributed by atoms with van der Waals surface area (Å²) < 4.78 is 141. The highest BCUT2D eigenvalue weighted by atomic mass is 32.2. The summed E-state index contributed by atoms with van der Waals surface area (Å²) in [5.41, 5.74) is -1.31. The first-order valence-corrected chi connectivity index (χ1v) is 29.1. The van der Waals surface area contributed by atoms with Gasteiger partial charge in [0.15, 0.2) is 5.75 Å². The molecule has 0 fully saturated rings. The summed E-state index contributed by atoms with van der Waals surface area (Å²) in [4.78, 5) is 48.7. The number of sulfonamides is 2. The lowest BCUT2D eigenvalue weighted by atomic mass is 9.93. The van der Waals surface area contributed by atoms with Crippen LogP contribution in [0.25, 0.3) is 33.4 Å². The number of rotatable bonds is 16. The highest BCUT2D eigenvalue weighted by molar-refractivity contribution is 7.93. The predicted molar refractivity (Wildman–Crippen MR) is 292 cm³/mol. The van der Waals surface area contributed by atoms with Crippen LogP contribution in [0, 0.1) is 41.5 Å². The fourth-order valence-corrected chi connectivity index (χ4v) is 13.2. The Morgan fingerprint density at radius 1 is 0.519 bits per heavy atom. The molecule has 0 spiro atoms. The van der Waals surface area contributed by atoms with Crippen molar-refractivity contribution >= 4 is 104 Å². The minimum absolute atomic E-state index is 0.00362. The Morgan fingerprint density at radius 3 is 1.64 bits per heavy atom. The first-order chi connectivity index (χ1) is 37.6. The molecule has 2 aliphatic rings. The van der Waals surface area contributed by atoms with Crippen molar-refractivity contribution in [1.82, 2.24) is 0 Å². The van der Waals surface area contributed by atoms with Gasteiger partial charge in [-0.1, -0.05) is 30.3 Å². The molecule has 1 aliphatic heterocycles. The van der Waals surface area contributed by atoms with Crippen LogP contribution in [0.5, 0.6) is 5.75 Å². The summed E-state index contributed by atoms with van der Waals surface area (Å²) in [6.45, 7) is 9.21. The van der Waals surface area contributed by atoms with E-state index < -0.39 is 117 Å². The molecule has 1 aliphatic carbocycles. The number of carboxylic acid groups (broad SMARTS) is 4. The molecule has 0 bridgehead atoms. The molecule has 0 amide bonds. The highest BCUT2D eigenvalue weighted by Gasteiger charge is 2.31. The second-order valence-electron chi connectivity index (χ2n) is 18.5. The van der Waals surface area contributed by atoms with Crippen LogP contribution in [0.3, 0.4) is 0 Å². The standard InChI is InChI=1S/C53H44N4O20S4/c1-23-13-25(3)47(56-78(67,68)33-16-29(50(59)60)15-30(17-33)51(61)62)27(5)45(23)54-32-11-12-34-39(20-32)77-40-22-38(42(81(74,75)76)21-36(40)44(34)35-9-7-8-10-41(35)80(71,72)73)55-46-24(2)14-26(4)48(28(46)6)57-79(69,70)43-19-31(52(63)64)18-37(49(43)58)53(65)66/h7-22,54,56-58H,1-6H3,(H,59,60)(H,61,62)(H,63,64)(H,65,66)(H,71,72,73)(H,74,75,76). The monoisotopic (exact) mass is 1180 g/mol. The van der Waals surface area contributed by atoms with Crippen LogP contribution in [0.15, 0.2) is 126 Å². The SMILES string of the molecule is Cc1cc(C)c(NS(=O)(=O)c2cc(C(=O)O)cc(C(=O)O)c2O)c(C)c1N=c1cc2oc3cc(Nc4c(C)cc(C)c(NS(=O)(=O)c5cc(C(=O)O)cc(C(=O)O)c5)c4C)ccc3c(-c3ccccc3S(=O)(=O)O)c-2cc1S(=O)(=O)O. The van der Waals surface area contributed by atoms with Gasteiger partial charge in [-0.05, 0) is 130 Å². The summed E-state index contributed by atoms with van der Waals surface area (Å²) >= 11 is 0. The molecular formula is C53H44N4O20S4. The maximum absolute atomic E-state index is 13.9. The molecule has 81 heavy (non-hydrogen) atoms. The van der Waals surface area contributed by atoms with Crippen LogP contribution in [-0.4, -0.2) is 92.2 Å². The summed E-state index contributed by atoms with van der Waals surface area (Å²) in [6, 6.07) is 18.2. The normalized spacial score (nSPS) is 12.4. The van der Waals surface area contributed by atoms with Crippen molar-refractivity contribution in [1.29, 1.82) is 0 Å². The number of aromatic hydroxyl groups is 1. The van der Waals surface area contributed by atoms with Gasteiger partial charge in [-0.2, -0.15) is 16.8 Å². The first kappa shape index (κ1) is 58.0. The molecule has 420 valence electrons. The number of aryl methyl sites for hydroxylation is 4. The van der Waals surface area contributed by atoms with E-state index in [9.17, 15) is 87.5 Å². The smallest absolute Gasteiger partial charge is 0.339 e. The lowest BCUT2D eigenvalue weighted by Crippen LogP contribution is -2.18. The average molecular weight is 1190 g/mol. The Morgan fingerprint density at radius 2 is 1.06 bits per heavy atom. The number of hydrogen-bond acceptors (Lipinski definition) is 16. The van der Waals surface area contributed by atoms with Gasteiger partial charge in [0, 0.05) is 45.6 Å². The maximum atomic E-state index is 13.9. The number of phenols is 1. The maximum Gasteiger partial charge on any atom is 0.339 e. The van der Waals surface area contributed by atoms with Crippen molar-refractivity contribution in [3.63, 3.8) is 0 Å². The van der Waals surface area contributed by atoms with Crippen molar-refractivity contribution < 1.29 is 91.9 Å². The van der Waals surface area contributed by atoms with Gasteiger partial charge in [-0.25, -0.2) is 41.0 Å². The minimum Gasteiger partial charge on any atom is -0.506 e. The molecule has 1 heterocycles. The van der Waals surface area contributed by atoms with E-state index in [2.05, 4.69) is 19.8 Å². The quantitative estimate of drug-likeness (QED) is 0.0319. The molecule has 0 aromatic heterocycles. The zero-order valence-corrected chi connectivity index (χ0v) is 46.0. The summed E-state index contributed by atoms with van der Waals surface area (Å²) in [6.07, 6.45) is 0. The third-order valence-electron chi connectivity index (χ3n) is 12.9. The average Bonchev–Trinajstić information content (AvgIpc) is 2.76. The molecule has 0 atom stereocenters. The van der Waals surface area contributed by atoms with Crippen molar-refractivity contribution in [2.45, 2.75) is 61.1 Å². The van der Waals surface area contributed by atoms with E-state index in [1.54, 1.807) is 26.8 Å². The van der Waals surface area contributed by atoms with Crippen molar-refractivity contribution in [3.05, 3.63) is 158 Å². The number of nitrogens with one attached hydrogen (secondary N) is 3. The second kappa shape index (κ2) is 20.8. The van der Waals surface area contributed by atoms with Gasteiger partial charge >= 0.3 is 23.9 Å². The Balaban J connectivity index is 1.32. The number of benzene rings is 7. The zero-order valence-electron chi connectivity index (χ0n) is 42.8. The number of carboxylic acids is 4. The van der Waals surface area contributed by atoms with Crippen LogP contribution in [0.2, 0.25) is 0 Å². The second-order valence-corrected chi connectivity index (χ2v) is 24.6. The lowest BCUT2D eigenvalue weighted by molar-refractivity contribution is 0.0674. The van der Waals surface area contributed by atoms with Gasteiger partial charge in [-0.15, -0.1) is 0 Å². The number of anilines is 4. The Bertz CT molecular complexity index is 4600. The van der Waals surface area contributed by atoms with E-state index in [1.807, 2.05) is 0 Å². The van der Waals surface area contributed by atoms with E-state index in [1.165, 1.54) is 63.2 Å². The van der Waals surface area contributed by atoms with Gasteiger partial charge in [-0.3, -0.25) is 18.5 Å². The molecule has 6 aromatic carbocycles. The van der Waals surface area contributed by atoms with Crippen LogP contribution in [-0.2, 0) is 40.3 Å². The molecule has 24 nitrogen and oxygen atoms in total. The van der Waals surface area contributed by atoms with E-state index >= 15 is 0 Å². The first-order valence-electron chi connectivity index (χ1n) is 23.2. The van der Waals surface area contributed by atoms with Gasteiger partial charge in [0.2, 0.25) is 0 Å². The molecular weight excluding hydrogens is 1140 g/mol. The Hall–Kier alpha value is -9.19. The molecule has 0 saturated heterocycles. The lowest BCUT2D eigenvalue weighted by Gasteiger charge is -2.21. The van der Waals surface area contributed by atoms with Crippen LogP contribution in [0.4, 0.5) is 28.4 Å². The minimum atomic E-state index is -5.30. The third kappa shape index (κ3) is 11.2. The summed E-state index contributed by atoms with van der Waals surface area (Å²) in [5.74, 6) is -8.19. The van der Waals surface area contributed by atoms with Crippen LogP contribution in [0.1, 0.15) is 74.8 Å². The van der Waals surface area contributed by atoms with E-state index in [-0.39, 0.29) is 67.3 Å². The molecule has 10 N–H and O–H groups in total. The van der Waals surface area contributed by atoms with Crippen LogP contribution >= 0.6 is 0 Å². The van der Waals surface area contributed by atoms with Gasteiger partial charge < -0.3 is 35.3 Å². The van der Waals surface area contributed by atoms with E-state index in [0.717, 1.165) is 36.4 Å². The third-order valence-corrected chi connectivity index (χ3v) is 17.4. The van der Waals surface area contributed by atoms with Crippen molar-refractivity contribution in [3.8, 4) is 28.2 Å². The number of aromatic carboxylic acids is 4. The highest BCUT2D eigenvalue weighted by Crippen LogP contribution is 2.45. The Kier molecular flexibility index (Phi) is 14.9. The van der Waals surface area contributed by atoms with E-state index in [4.69, 9.17) is 4.42 Å². The van der Waals surface area contributed by atoms with Crippen LogP contribution < -0.4 is 20.1 Å². The van der Waals surface area contributed by atoms with Gasteiger partial charge in [0.25, 0.3) is 40.3 Å². The molecule has 28 heteroatoms.